The van der Waals surface area contributed by atoms with Gasteiger partial charge in [-0.15, -0.1) is 17.0 Å². The average Bonchev–Trinajstić information content (AvgIpc) is 1.88. The minimum absolute atomic E-state index is 0. The largest absolute Gasteiger partial charge is 0.399 e. The zero-order valence-electron chi connectivity index (χ0n) is 6.25. The molecule has 1 unspecified atom stereocenters. The molecular weight excluding hydrogens is 270 g/mol. The van der Waals surface area contributed by atoms with Gasteiger partial charge in [0.05, 0.1) is 0 Å². The van der Waals surface area contributed by atoms with Gasteiger partial charge in [-0.1, -0.05) is 28.1 Å². The molecule has 0 saturated carbocycles. The van der Waals surface area contributed by atoms with E-state index in [1.165, 1.54) is 5.56 Å². The second kappa shape index (κ2) is 4.78. The normalized spacial score (nSPS) is 11.8. The number of nitrogens with two attached hydrogens (primary N) is 1. The van der Waals surface area contributed by atoms with E-state index >= 15 is 0 Å². The molecule has 0 heterocycles. The van der Waals surface area contributed by atoms with Crippen molar-refractivity contribution in [2.24, 2.45) is 0 Å². The number of halogens is 2. The summed E-state index contributed by atoms with van der Waals surface area (Å²) in [5.41, 5.74) is 7.59. The Balaban J connectivity index is 0.000001000. The zero-order chi connectivity index (χ0) is 7.56. The molecule has 2 N–H and O–H groups in total. The molecular formula is C8H11Br2N. The summed E-state index contributed by atoms with van der Waals surface area (Å²) in [4.78, 5) is 0.410. The van der Waals surface area contributed by atoms with Crippen molar-refractivity contribution in [1.29, 1.82) is 0 Å². The molecule has 0 spiro atoms. The van der Waals surface area contributed by atoms with Gasteiger partial charge < -0.3 is 5.73 Å². The fourth-order valence-corrected chi connectivity index (χ4v) is 1.07. The maximum atomic E-state index is 5.51. The van der Waals surface area contributed by atoms with Crippen LogP contribution in [-0.4, -0.2) is 0 Å². The Morgan fingerprint density at radius 1 is 1.27 bits per heavy atom. The highest BCUT2D eigenvalue weighted by Crippen LogP contribution is 2.21. The van der Waals surface area contributed by atoms with Crippen LogP contribution in [0.1, 0.15) is 17.3 Å². The molecule has 1 aromatic carbocycles. The Labute approximate surface area is 85.9 Å². The summed E-state index contributed by atoms with van der Waals surface area (Å²) >= 11 is 3.47. The van der Waals surface area contributed by atoms with Gasteiger partial charge in [-0.3, -0.25) is 0 Å². The summed E-state index contributed by atoms with van der Waals surface area (Å²) in [5.74, 6) is 0. The molecule has 1 aromatic rings. The molecule has 0 bridgehead atoms. The van der Waals surface area contributed by atoms with Crippen LogP contribution in [0, 0.1) is 0 Å². The lowest BCUT2D eigenvalue weighted by atomic mass is 10.2. The molecule has 0 aliphatic rings. The first kappa shape index (κ1) is 11.0. The second-order valence-electron chi connectivity index (χ2n) is 2.28. The smallest absolute Gasteiger partial charge is 0.0367 e. The van der Waals surface area contributed by atoms with E-state index in [1.54, 1.807) is 0 Å². The lowest BCUT2D eigenvalue weighted by molar-refractivity contribution is 1.12. The maximum absolute atomic E-state index is 5.51. The van der Waals surface area contributed by atoms with Crippen molar-refractivity contribution in [2.45, 2.75) is 11.8 Å². The lowest BCUT2D eigenvalue weighted by Crippen LogP contribution is -1.86. The third-order valence-corrected chi connectivity index (χ3v) is 1.92. The van der Waals surface area contributed by atoms with E-state index in [9.17, 15) is 0 Å². The molecule has 1 nitrogen and oxygen atoms in total. The SMILES string of the molecule is Br.CC(Br)c1ccc(N)cc1. The van der Waals surface area contributed by atoms with E-state index in [0.29, 0.717) is 4.83 Å². The Hall–Kier alpha value is -0.0200. The summed E-state index contributed by atoms with van der Waals surface area (Å²) in [6.07, 6.45) is 0. The summed E-state index contributed by atoms with van der Waals surface area (Å²) in [5, 5.41) is 0. The number of alkyl halides is 1. The van der Waals surface area contributed by atoms with Crippen LogP contribution in [0.5, 0.6) is 0 Å². The third-order valence-electron chi connectivity index (χ3n) is 1.40. The average molecular weight is 281 g/mol. The molecule has 62 valence electrons. The van der Waals surface area contributed by atoms with Crippen molar-refractivity contribution in [3.05, 3.63) is 29.8 Å². The number of benzene rings is 1. The van der Waals surface area contributed by atoms with Crippen molar-refractivity contribution < 1.29 is 0 Å². The molecule has 1 atom stereocenters. The molecule has 3 heteroatoms. The third kappa shape index (κ3) is 3.25. The van der Waals surface area contributed by atoms with E-state index in [4.69, 9.17) is 5.73 Å². The van der Waals surface area contributed by atoms with Crippen molar-refractivity contribution in [3.8, 4) is 0 Å². The van der Waals surface area contributed by atoms with Crippen LogP contribution in [0.25, 0.3) is 0 Å². The van der Waals surface area contributed by atoms with Crippen LogP contribution in [0.4, 0.5) is 5.69 Å². The number of rotatable bonds is 1. The predicted molar refractivity (Wildman–Crippen MR) is 58.5 cm³/mol. The Bertz CT molecular complexity index is 206. The minimum atomic E-state index is 0. The van der Waals surface area contributed by atoms with Crippen molar-refractivity contribution in [3.63, 3.8) is 0 Å². The first-order chi connectivity index (χ1) is 4.70. The highest BCUT2D eigenvalue weighted by molar-refractivity contribution is 9.09. The number of hydrogen-bond acceptors (Lipinski definition) is 1. The van der Waals surface area contributed by atoms with Crippen molar-refractivity contribution in [2.75, 3.05) is 5.73 Å². The van der Waals surface area contributed by atoms with Gasteiger partial charge in [0.2, 0.25) is 0 Å². The highest BCUT2D eigenvalue weighted by Gasteiger charge is 1.97. The monoisotopic (exact) mass is 279 g/mol. The van der Waals surface area contributed by atoms with Gasteiger partial charge >= 0.3 is 0 Å². The first-order valence-electron chi connectivity index (χ1n) is 3.19. The van der Waals surface area contributed by atoms with Gasteiger partial charge in [0.1, 0.15) is 0 Å². The van der Waals surface area contributed by atoms with Gasteiger partial charge in [0.25, 0.3) is 0 Å². The predicted octanol–water partition coefficient (Wildman–Crippen LogP) is 3.30. The van der Waals surface area contributed by atoms with E-state index < -0.39 is 0 Å². The van der Waals surface area contributed by atoms with Crippen LogP contribution >= 0.6 is 32.9 Å². The van der Waals surface area contributed by atoms with Crippen LogP contribution in [-0.2, 0) is 0 Å². The molecule has 1 rings (SSSR count). The topological polar surface area (TPSA) is 26.0 Å². The van der Waals surface area contributed by atoms with E-state index in [-0.39, 0.29) is 17.0 Å². The standard InChI is InChI=1S/C8H10BrN.BrH/c1-6(9)7-2-4-8(10)5-3-7;/h2-6H,10H2,1H3;1H. The van der Waals surface area contributed by atoms with Crippen LogP contribution in [0.15, 0.2) is 24.3 Å². The summed E-state index contributed by atoms with van der Waals surface area (Å²) in [6.45, 7) is 2.09. The number of hydrogen-bond donors (Lipinski definition) is 1. The number of nitrogen functional groups attached to an aromatic ring is 1. The van der Waals surface area contributed by atoms with Gasteiger partial charge in [-0.2, -0.15) is 0 Å². The molecule has 0 aromatic heterocycles. The van der Waals surface area contributed by atoms with Crippen LogP contribution in [0.2, 0.25) is 0 Å². The Kier molecular flexibility index (Phi) is 4.77. The van der Waals surface area contributed by atoms with Crippen LogP contribution < -0.4 is 5.73 Å². The molecule has 0 amide bonds. The van der Waals surface area contributed by atoms with Crippen LogP contribution in [0.3, 0.4) is 0 Å². The quantitative estimate of drug-likeness (QED) is 0.620. The second-order valence-corrected chi connectivity index (χ2v) is 3.66. The Morgan fingerprint density at radius 3 is 2.09 bits per heavy atom. The zero-order valence-corrected chi connectivity index (χ0v) is 9.55. The highest BCUT2D eigenvalue weighted by atomic mass is 79.9. The summed E-state index contributed by atoms with van der Waals surface area (Å²) < 4.78 is 0. The van der Waals surface area contributed by atoms with E-state index in [0.717, 1.165) is 5.69 Å². The van der Waals surface area contributed by atoms with E-state index in [2.05, 4.69) is 22.9 Å². The van der Waals surface area contributed by atoms with E-state index in [1.807, 2.05) is 24.3 Å². The summed E-state index contributed by atoms with van der Waals surface area (Å²) in [7, 11) is 0. The number of anilines is 1. The molecule has 0 saturated heterocycles. The van der Waals surface area contributed by atoms with Gasteiger partial charge in [0, 0.05) is 10.5 Å². The molecule has 0 aliphatic carbocycles. The fraction of sp³-hybridized carbons (Fsp3) is 0.250. The van der Waals surface area contributed by atoms with Gasteiger partial charge in [0.15, 0.2) is 0 Å². The maximum Gasteiger partial charge on any atom is 0.0367 e. The minimum Gasteiger partial charge on any atom is -0.399 e. The molecule has 11 heavy (non-hydrogen) atoms. The van der Waals surface area contributed by atoms with Crippen molar-refractivity contribution in [1.82, 2.24) is 0 Å². The Morgan fingerprint density at radius 2 is 1.73 bits per heavy atom. The van der Waals surface area contributed by atoms with Gasteiger partial charge in [-0.05, 0) is 24.6 Å². The fourth-order valence-electron chi connectivity index (χ4n) is 0.761. The lowest BCUT2D eigenvalue weighted by Gasteiger charge is -2.02. The molecule has 0 fully saturated rings. The molecule has 0 radical (unpaired) electrons. The molecule has 0 aliphatic heterocycles. The summed E-state index contributed by atoms with van der Waals surface area (Å²) in [6, 6.07) is 7.86. The first-order valence-corrected chi connectivity index (χ1v) is 4.11. The van der Waals surface area contributed by atoms with Crippen molar-refractivity contribution >= 4 is 38.6 Å². The van der Waals surface area contributed by atoms with Gasteiger partial charge in [-0.25, -0.2) is 0 Å².